The van der Waals surface area contributed by atoms with Gasteiger partial charge >= 0.3 is 0 Å². The van der Waals surface area contributed by atoms with E-state index < -0.39 is 0 Å². The third kappa shape index (κ3) is 2.82. The number of rotatable bonds is 6. The average Bonchev–Trinajstić information content (AvgIpc) is 2.70. The lowest BCUT2D eigenvalue weighted by atomic mass is 10.2. The van der Waals surface area contributed by atoms with Gasteiger partial charge in [-0.05, 0) is 18.9 Å². The number of halogens is 1. The van der Waals surface area contributed by atoms with Gasteiger partial charge in [-0.1, -0.05) is 24.9 Å². The second kappa shape index (κ2) is 6.16. The summed E-state index contributed by atoms with van der Waals surface area (Å²) in [5.74, 6) is 1.04. The summed E-state index contributed by atoms with van der Waals surface area (Å²) in [6.07, 6.45) is 5.54. The van der Waals surface area contributed by atoms with Crippen LogP contribution in [0.25, 0.3) is 11.2 Å². The van der Waals surface area contributed by atoms with Crippen molar-refractivity contribution in [1.29, 1.82) is 0 Å². The van der Waals surface area contributed by atoms with Crippen LogP contribution in [0.15, 0.2) is 12.3 Å². The third-order valence-corrected chi connectivity index (χ3v) is 3.13. The number of hydrogen-bond donors (Lipinski definition) is 1. The zero-order valence-electron chi connectivity index (χ0n) is 10.6. The molecule has 2 aromatic rings. The van der Waals surface area contributed by atoms with E-state index in [2.05, 4.69) is 21.5 Å². The molecule has 0 saturated carbocycles. The van der Waals surface area contributed by atoms with Crippen LogP contribution in [0.4, 0.5) is 0 Å². The lowest BCUT2D eigenvalue weighted by Crippen LogP contribution is -2.06. The minimum Gasteiger partial charge on any atom is -0.396 e. The van der Waals surface area contributed by atoms with Crippen molar-refractivity contribution in [3.63, 3.8) is 0 Å². The number of hydrogen-bond acceptors (Lipinski definition) is 3. The highest BCUT2D eigenvalue weighted by Crippen LogP contribution is 2.19. The van der Waals surface area contributed by atoms with Gasteiger partial charge in [0.25, 0.3) is 0 Å². The number of aryl methyl sites for hydroxylation is 2. The molecule has 2 aromatic heterocycles. The van der Waals surface area contributed by atoms with Gasteiger partial charge in [-0.15, -0.1) is 0 Å². The molecular weight excluding hydrogens is 250 g/mol. The number of aliphatic hydroxyl groups excluding tert-OH is 1. The summed E-state index contributed by atoms with van der Waals surface area (Å²) in [6.45, 7) is 3.09. The molecule has 0 aliphatic heterocycles. The molecule has 5 heteroatoms. The number of imidazole rings is 1. The maximum Gasteiger partial charge on any atom is 0.160 e. The van der Waals surface area contributed by atoms with Gasteiger partial charge in [-0.25, -0.2) is 9.97 Å². The molecule has 18 heavy (non-hydrogen) atoms. The van der Waals surface area contributed by atoms with Gasteiger partial charge in [0.05, 0.1) is 5.02 Å². The molecule has 0 amide bonds. The average molecular weight is 268 g/mol. The molecule has 0 radical (unpaired) electrons. The van der Waals surface area contributed by atoms with E-state index in [4.69, 9.17) is 16.7 Å². The first-order valence-corrected chi connectivity index (χ1v) is 6.75. The van der Waals surface area contributed by atoms with E-state index in [1.807, 2.05) is 6.07 Å². The summed E-state index contributed by atoms with van der Waals surface area (Å²) in [6, 6.07) is 1.84. The van der Waals surface area contributed by atoms with Crippen LogP contribution in [0.1, 0.15) is 32.0 Å². The van der Waals surface area contributed by atoms with E-state index in [1.165, 1.54) is 0 Å². The summed E-state index contributed by atoms with van der Waals surface area (Å²) in [5, 5.41) is 9.58. The van der Waals surface area contributed by atoms with Crippen molar-refractivity contribution in [2.45, 2.75) is 39.2 Å². The minimum atomic E-state index is 0.181. The molecule has 0 bridgehead atoms. The van der Waals surface area contributed by atoms with Crippen LogP contribution < -0.4 is 0 Å². The molecule has 0 spiro atoms. The fourth-order valence-electron chi connectivity index (χ4n) is 2.02. The number of unbranched alkanes of at least 4 members (excludes halogenated alkanes) is 1. The third-order valence-electron chi connectivity index (χ3n) is 2.92. The van der Waals surface area contributed by atoms with Crippen molar-refractivity contribution >= 4 is 22.8 Å². The monoisotopic (exact) mass is 267 g/mol. The zero-order valence-corrected chi connectivity index (χ0v) is 11.3. The normalized spacial score (nSPS) is 11.3. The van der Waals surface area contributed by atoms with Gasteiger partial charge in [-0.2, -0.15) is 0 Å². The fourth-order valence-corrected chi connectivity index (χ4v) is 2.17. The van der Waals surface area contributed by atoms with Crippen molar-refractivity contribution in [2.24, 2.45) is 0 Å². The topological polar surface area (TPSA) is 50.9 Å². The Kier molecular flexibility index (Phi) is 4.55. The Morgan fingerprint density at radius 3 is 2.94 bits per heavy atom. The molecule has 0 aliphatic carbocycles. The van der Waals surface area contributed by atoms with Crippen molar-refractivity contribution in [3.05, 3.63) is 23.1 Å². The Labute approximate surface area is 112 Å². The number of nitrogens with zero attached hydrogens (tertiary/aromatic N) is 3. The first kappa shape index (κ1) is 13.3. The first-order chi connectivity index (χ1) is 8.76. The zero-order chi connectivity index (χ0) is 13.0. The van der Waals surface area contributed by atoms with Crippen LogP contribution in [0.3, 0.4) is 0 Å². The highest BCUT2D eigenvalue weighted by atomic mass is 35.5. The Bertz CT molecular complexity index is 524. The molecule has 0 atom stereocenters. The van der Waals surface area contributed by atoms with Crippen LogP contribution in [0, 0.1) is 0 Å². The largest absolute Gasteiger partial charge is 0.396 e. The van der Waals surface area contributed by atoms with Gasteiger partial charge in [0.15, 0.2) is 5.65 Å². The minimum absolute atomic E-state index is 0.181. The van der Waals surface area contributed by atoms with Crippen LogP contribution in [-0.2, 0) is 13.0 Å². The van der Waals surface area contributed by atoms with Crippen LogP contribution in [0.2, 0.25) is 5.02 Å². The molecule has 0 saturated heterocycles. The molecule has 2 rings (SSSR count). The Balaban J connectivity index is 2.39. The lowest BCUT2D eigenvalue weighted by molar-refractivity contribution is 0.279. The Morgan fingerprint density at radius 2 is 2.22 bits per heavy atom. The summed E-state index contributed by atoms with van der Waals surface area (Å²) in [7, 11) is 0. The second-order valence-corrected chi connectivity index (χ2v) is 4.79. The highest BCUT2D eigenvalue weighted by Gasteiger charge is 2.11. The van der Waals surface area contributed by atoms with E-state index in [0.29, 0.717) is 5.02 Å². The molecule has 0 fully saturated rings. The SMILES string of the molecule is CCCCc1nc2cc(Cl)cnc2n1CCCO. The van der Waals surface area contributed by atoms with Gasteiger partial charge in [0.1, 0.15) is 11.3 Å². The number of pyridine rings is 1. The van der Waals surface area contributed by atoms with Gasteiger partial charge in [-0.3, -0.25) is 0 Å². The Morgan fingerprint density at radius 1 is 1.39 bits per heavy atom. The molecule has 0 aromatic carbocycles. The number of fused-ring (bicyclic) bond motifs is 1. The van der Waals surface area contributed by atoms with Crippen LogP contribution >= 0.6 is 11.6 Å². The van der Waals surface area contributed by atoms with Gasteiger partial charge < -0.3 is 9.67 Å². The number of aromatic nitrogens is 3. The van der Waals surface area contributed by atoms with Crippen molar-refractivity contribution in [1.82, 2.24) is 14.5 Å². The van der Waals surface area contributed by atoms with Crippen molar-refractivity contribution < 1.29 is 5.11 Å². The molecular formula is C13H18ClN3O. The van der Waals surface area contributed by atoms with Crippen LogP contribution in [0.5, 0.6) is 0 Å². The molecule has 0 aliphatic rings. The van der Waals surface area contributed by atoms with Gasteiger partial charge in [0, 0.05) is 25.8 Å². The van der Waals surface area contributed by atoms with E-state index in [0.717, 1.165) is 49.2 Å². The molecule has 2 heterocycles. The quantitative estimate of drug-likeness (QED) is 0.876. The molecule has 1 N–H and O–H groups in total. The maximum absolute atomic E-state index is 8.97. The van der Waals surface area contributed by atoms with E-state index in [1.54, 1.807) is 6.20 Å². The standard InChI is InChI=1S/C13H18ClN3O/c1-2-3-5-12-16-11-8-10(14)9-15-13(11)17(12)6-4-7-18/h8-9,18H,2-7H2,1H3. The number of aliphatic hydroxyl groups is 1. The summed E-state index contributed by atoms with van der Waals surface area (Å²) < 4.78 is 2.09. The molecule has 98 valence electrons. The Hall–Kier alpha value is -1.13. The van der Waals surface area contributed by atoms with E-state index >= 15 is 0 Å². The molecule has 4 nitrogen and oxygen atoms in total. The lowest BCUT2D eigenvalue weighted by Gasteiger charge is -2.06. The summed E-state index contributed by atoms with van der Waals surface area (Å²) in [4.78, 5) is 8.95. The van der Waals surface area contributed by atoms with Gasteiger partial charge in [0.2, 0.25) is 0 Å². The smallest absolute Gasteiger partial charge is 0.160 e. The maximum atomic E-state index is 8.97. The second-order valence-electron chi connectivity index (χ2n) is 4.36. The first-order valence-electron chi connectivity index (χ1n) is 6.37. The van der Waals surface area contributed by atoms with E-state index in [9.17, 15) is 0 Å². The van der Waals surface area contributed by atoms with Crippen molar-refractivity contribution in [3.8, 4) is 0 Å². The summed E-state index contributed by atoms with van der Waals surface area (Å²) in [5.41, 5.74) is 1.70. The predicted octanol–water partition coefficient (Wildman–Crippen LogP) is 2.81. The van der Waals surface area contributed by atoms with Crippen LogP contribution in [-0.4, -0.2) is 26.2 Å². The molecule has 0 unspecified atom stereocenters. The highest BCUT2D eigenvalue weighted by molar-refractivity contribution is 6.31. The predicted molar refractivity (Wildman–Crippen MR) is 72.9 cm³/mol. The van der Waals surface area contributed by atoms with Crippen molar-refractivity contribution in [2.75, 3.05) is 6.61 Å². The fraction of sp³-hybridized carbons (Fsp3) is 0.538. The van der Waals surface area contributed by atoms with E-state index in [-0.39, 0.29) is 6.61 Å². The summed E-state index contributed by atoms with van der Waals surface area (Å²) >= 11 is 5.94.